The van der Waals surface area contributed by atoms with Crippen LogP contribution in [0, 0.1) is 29.1 Å². The molecule has 3 unspecified atom stereocenters. The lowest BCUT2D eigenvalue weighted by Gasteiger charge is -2.49. The molecule has 0 aromatic heterocycles. The van der Waals surface area contributed by atoms with E-state index in [0.29, 0.717) is 0 Å². The first kappa shape index (κ1) is 9.55. The van der Waals surface area contributed by atoms with Crippen molar-refractivity contribution < 1.29 is 0 Å². The summed E-state index contributed by atoms with van der Waals surface area (Å²) >= 11 is 0. The van der Waals surface area contributed by atoms with Crippen LogP contribution in [0.15, 0.2) is 0 Å². The summed E-state index contributed by atoms with van der Waals surface area (Å²) in [6, 6.07) is 0. The van der Waals surface area contributed by atoms with Crippen molar-refractivity contribution in [3.05, 3.63) is 0 Å². The molecular formula is C13H24. The summed E-state index contributed by atoms with van der Waals surface area (Å²) in [6.45, 7) is 9.77. The van der Waals surface area contributed by atoms with Gasteiger partial charge in [0.2, 0.25) is 0 Å². The Bertz CT molecular complexity index is 188. The van der Waals surface area contributed by atoms with Gasteiger partial charge in [-0.15, -0.1) is 0 Å². The Morgan fingerprint density at radius 2 is 1.69 bits per heavy atom. The Labute approximate surface area is 83.1 Å². The number of hydrogen-bond donors (Lipinski definition) is 0. The summed E-state index contributed by atoms with van der Waals surface area (Å²) in [7, 11) is 0. The first-order valence-corrected chi connectivity index (χ1v) is 6.09. The largest absolute Gasteiger partial charge is 0.0651 e. The fourth-order valence-corrected chi connectivity index (χ4v) is 3.98. The minimum atomic E-state index is 0.791. The van der Waals surface area contributed by atoms with Crippen LogP contribution in [0.2, 0.25) is 0 Å². The number of rotatable bonds is 1. The fraction of sp³-hybridized carbons (Fsp3) is 1.00. The molecule has 0 heteroatoms. The quantitative estimate of drug-likeness (QED) is 0.570. The van der Waals surface area contributed by atoms with Crippen molar-refractivity contribution in [2.75, 3.05) is 0 Å². The molecule has 13 heavy (non-hydrogen) atoms. The molecule has 0 amide bonds. The van der Waals surface area contributed by atoms with E-state index in [2.05, 4.69) is 27.7 Å². The second-order valence-corrected chi connectivity index (χ2v) is 5.87. The van der Waals surface area contributed by atoms with Gasteiger partial charge >= 0.3 is 0 Å². The van der Waals surface area contributed by atoms with Gasteiger partial charge in [-0.05, 0) is 48.3 Å². The highest BCUT2D eigenvalue weighted by Crippen LogP contribution is 2.63. The van der Waals surface area contributed by atoms with Gasteiger partial charge in [0.05, 0.1) is 0 Å². The van der Waals surface area contributed by atoms with Crippen LogP contribution in [0.5, 0.6) is 0 Å². The third kappa shape index (κ3) is 1.25. The van der Waals surface area contributed by atoms with Gasteiger partial charge in [0, 0.05) is 0 Å². The molecule has 2 saturated carbocycles. The lowest BCUT2D eigenvalue weighted by molar-refractivity contribution is 0.0101. The molecule has 0 saturated heterocycles. The minimum absolute atomic E-state index is 0.791. The second kappa shape index (κ2) is 3.00. The Balaban J connectivity index is 2.03. The van der Waals surface area contributed by atoms with E-state index >= 15 is 0 Å². The van der Waals surface area contributed by atoms with Crippen LogP contribution in [-0.2, 0) is 0 Å². The third-order valence-electron chi connectivity index (χ3n) is 5.35. The van der Waals surface area contributed by atoms with Gasteiger partial charge in [0.25, 0.3) is 0 Å². The van der Waals surface area contributed by atoms with Crippen molar-refractivity contribution in [3.63, 3.8) is 0 Å². The Morgan fingerprint density at radius 3 is 2.08 bits per heavy atom. The molecule has 0 N–H and O–H groups in total. The zero-order chi connectivity index (χ0) is 9.64. The summed E-state index contributed by atoms with van der Waals surface area (Å²) in [6.07, 6.45) is 6.02. The topological polar surface area (TPSA) is 0 Å². The molecule has 3 atom stereocenters. The standard InChI is InChI=1S/C13H24/c1-5-12-7-13(8-12)6-9(2)10(3)11(13)4/h9-12H,5-8H2,1-4H3. The molecule has 1 spiro atoms. The Hall–Kier alpha value is 0. The molecule has 0 aliphatic heterocycles. The van der Waals surface area contributed by atoms with E-state index in [0.717, 1.165) is 29.1 Å². The molecular weight excluding hydrogens is 156 g/mol. The maximum atomic E-state index is 2.50. The van der Waals surface area contributed by atoms with Gasteiger partial charge in [-0.25, -0.2) is 0 Å². The number of hydrogen-bond acceptors (Lipinski definition) is 0. The minimum Gasteiger partial charge on any atom is -0.0651 e. The predicted octanol–water partition coefficient (Wildman–Crippen LogP) is 4.10. The van der Waals surface area contributed by atoms with Crippen LogP contribution in [0.4, 0.5) is 0 Å². The van der Waals surface area contributed by atoms with Crippen LogP contribution < -0.4 is 0 Å². The van der Waals surface area contributed by atoms with Crippen molar-refractivity contribution in [3.8, 4) is 0 Å². The van der Waals surface area contributed by atoms with Gasteiger partial charge in [-0.3, -0.25) is 0 Å². The lowest BCUT2D eigenvalue weighted by atomic mass is 9.56. The molecule has 0 heterocycles. The average molecular weight is 180 g/mol. The van der Waals surface area contributed by atoms with Crippen LogP contribution in [0.3, 0.4) is 0 Å². The van der Waals surface area contributed by atoms with Crippen molar-refractivity contribution >= 4 is 0 Å². The smallest absolute Gasteiger partial charge is 0.0261 e. The van der Waals surface area contributed by atoms with Crippen LogP contribution in [-0.4, -0.2) is 0 Å². The van der Waals surface area contributed by atoms with Gasteiger partial charge < -0.3 is 0 Å². The summed E-state index contributed by atoms with van der Waals surface area (Å²) in [4.78, 5) is 0. The van der Waals surface area contributed by atoms with Crippen molar-refractivity contribution in [1.29, 1.82) is 0 Å². The van der Waals surface area contributed by atoms with E-state index in [1.165, 1.54) is 12.8 Å². The monoisotopic (exact) mass is 180 g/mol. The fourth-order valence-electron chi connectivity index (χ4n) is 3.98. The molecule has 2 aliphatic rings. The summed E-state index contributed by atoms with van der Waals surface area (Å²) in [5.41, 5.74) is 0.791. The van der Waals surface area contributed by atoms with Gasteiger partial charge in [-0.1, -0.05) is 34.1 Å². The van der Waals surface area contributed by atoms with Crippen molar-refractivity contribution in [1.82, 2.24) is 0 Å². The SMILES string of the molecule is CCC1CC2(C1)CC(C)C(C)C2C. The average Bonchev–Trinajstić information content (AvgIpc) is 2.27. The molecule has 2 aliphatic carbocycles. The van der Waals surface area contributed by atoms with Gasteiger partial charge in [-0.2, -0.15) is 0 Å². The van der Waals surface area contributed by atoms with Gasteiger partial charge in [0.1, 0.15) is 0 Å². The summed E-state index contributed by atoms with van der Waals surface area (Å²) in [5, 5.41) is 0. The maximum absolute atomic E-state index is 2.50. The molecule has 0 aromatic rings. The van der Waals surface area contributed by atoms with E-state index in [1.807, 2.05) is 0 Å². The third-order valence-corrected chi connectivity index (χ3v) is 5.35. The van der Waals surface area contributed by atoms with Gasteiger partial charge in [0.15, 0.2) is 0 Å². The summed E-state index contributed by atoms with van der Waals surface area (Å²) in [5.74, 6) is 4.01. The van der Waals surface area contributed by atoms with Crippen LogP contribution >= 0.6 is 0 Å². The normalized spacial score (nSPS) is 55.4. The van der Waals surface area contributed by atoms with Crippen LogP contribution in [0.1, 0.15) is 53.4 Å². The highest BCUT2D eigenvalue weighted by molar-refractivity contribution is 5.03. The highest BCUT2D eigenvalue weighted by atomic mass is 14.6. The molecule has 0 aromatic carbocycles. The molecule has 0 nitrogen and oxygen atoms in total. The van der Waals surface area contributed by atoms with Crippen molar-refractivity contribution in [2.24, 2.45) is 29.1 Å². The van der Waals surface area contributed by atoms with Crippen LogP contribution in [0.25, 0.3) is 0 Å². The van der Waals surface area contributed by atoms with Crippen molar-refractivity contribution in [2.45, 2.75) is 53.4 Å². The molecule has 2 rings (SSSR count). The lowest BCUT2D eigenvalue weighted by Crippen LogP contribution is -2.39. The molecule has 0 bridgehead atoms. The Morgan fingerprint density at radius 1 is 1.08 bits per heavy atom. The zero-order valence-corrected chi connectivity index (χ0v) is 9.64. The Kier molecular flexibility index (Phi) is 2.20. The molecule has 76 valence electrons. The van der Waals surface area contributed by atoms with E-state index < -0.39 is 0 Å². The first-order valence-electron chi connectivity index (χ1n) is 6.09. The maximum Gasteiger partial charge on any atom is -0.0261 e. The van der Waals surface area contributed by atoms with E-state index in [1.54, 1.807) is 12.8 Å². The van der Waals surface area contributed by atoms with E-state index in [4.69, 9.17) is 0 Å². The predicted molar refractivity (Wildman–Crippen MR) is 57.6 cm³/mol. The second-order valence-electron chi connectivity index (χ2n) is 5.87. The van der Waals surface area contributed by atoms with E-state index in [-0.39, 0.29) is 0 Å². The molecule has 2 fully saturated rings. The first-order chi connectivity index (χ1) is 6.09. The zero-order valence-electron chi connectivity index (χ0n) is 9.64. The highest BCUT2D eigenvalue weighted by Gasteiger charge is 2.54. The van der Waals surface area contributed by atoms with E-state index in [9.17, 15) is 0 Å². The summed E-state index contributed by atoms with van der Waals surface area (Å²) < 4.78 is 0. The molecule has 0 radical (unpaired) electrons.